The second-order valence-corrected chi connectivity index (χ2v) is 4.90. The van der Waals surface area contributed by atoms with Gasteiger partial charge in [0.2, 0.25) is 0 Å². The minimum absolute atomic E-state index is 0.102. The van der Waals surface area contributed by atoms with Crippen LogP contribution in [0.4, 0.5) is 0 Å². The average Bonchev–Trinajstić information content (AvgIpc) is 2.48. The molecule has 1 atom stereocenters. The number of aliphatic carboxylic acids is 1. The molecule has 0 unspecified atom stereocenters. The Balaban J connectivity index is 2.04. The molecule has 5 nitrogen and oxygen atoms in total. The summed E-state index contributed by atoms with van der Waals surface area (Å²) in [6.07, 6.45) is 1.14. The van der Waals surface area contributed by atoms with E-state index in [0.29, 0.717) is 12.1 Å². The van der Waals surface area contributed by atoms with Crippen LogP contribution in [0.25, 0.3) is 0 Å². The molecule has 1 fully saturated rings. The Morgan fingerprint density at radius 2 is 2.05 bits per heavy atom. The van der Waals surface area contributed by atoms with Gasteiger partial charge in [-0.25, -0.2) is 4.79 Å². The van der Waals surface area contributed by atoms with E-state index >= 15 is 0 Å². The summed E-state index contributed by atoms with van der Waals surface area (Å²) in [5, 5.41) is 8.94. The summed E-state index contributed by atoms with van der Waals surface area (Å²) in [7, 11) is 0. The van der Waals surface area contributed by atoms with E-state index < -0.39 is 12.1 Å². The van der Waals surface area contributed by atoms with Crippen molar-refractivity contribution in [2.75, 3.05) is 19.7 Å². The van der Waals surface area contributed by atoms with E-state index in [0.717, 1.165) is 12.8 Å². The van der Waals surface area contributed by atoms with Crippen molar-refractivity contribution in [3.63, 3.8) is 0 Å². The van der Waals surface area contributed by atoms with Crippen molar-refractivity contribution < 1.29 is 19.4 Å². The Morgan fingerprint density at radius 1 is 1.35 bits per heavy atom. The van der Waals surface area contributed by atoms with E-state index in [4.69, 9.17) is 9.84 Å². The Bertz CT molecular complexity index is 483. The highest BCUT2D eigenvalue weighted by molar-refractivity contribution is 5.94. The summed E-state index contributed by atoms with van der Waals surface area (Å²) >= 11 is 0. The van der Waals surface area contributed by atoms with E-state index in [1.165, 1.54) is 10.5 Å². The number of rotatable bonds is 4. The second-order valence-electron chi connectivity index (χ2n) is 4.90. The van der Waals surface area contributed by atoms with Gasteiger partial charge in [0.1, 0.15) is 0 Å². The molecule has 1 aromatic rings. The minimum atomic E-state index is -1.03. The molecule has 20 heavy (non-hydrogen) atoms. The number of carboxylic acid groups (broad SMARTS) is 1. The molecule has 1 aliphatic rings. The molecule has 1 N–H and O–H groups in total. The fraction of sp³-hybridized carbons (Fsp3) is 0.467. The fourth-order valence-electron chi connectivity index (χ4n) is 2.27. The van der Waals surface area contributed by atoms with Gasteiger partial charge in [-0.1, -0.05) is 25.5 Å². The van der Waals surface area contributed by atoms with Crippen LogP contribution in [-0.4, -0.2) is 47.7 Å². The van der Waals surface area contributed by atoms with Crippen molar-refractivity contribution in [3.8, 4) is 0 Å². The van der Waals surface area contributed by atoms with Crippen LogP contribution < -0.4 is 0 Å². The van der Waals surface area contributed by atoms with Gasteiger partial charge in [0.05, 0.1) is 13.2 Å². The molecule has 108 valence electrons. The quantitative estimate of drug-likeness (QED) is 0.907. The van der Waals surface area contributed by atoms with Crippen LogP contribution in [-0.2, 0) is 16.0 Å². The van der Waals surface area contributed by atoms with Crippen molar-refractivity contribution >= 4 is 11.9 Å². The van der Waals surface area contributed by atoms with Crippen LogP contribution in [0.2, 0.25) is 0 Å². The summed E-state index contributed by atoms with van der Waals surface area (Å²) in [4.78, 5) is 24.8. The Hall–Kier alpha value is -1.88. The van der Waals surface area contributed by atoms with Gasteiger partial charge in [-0.3, -0.25) is 4.79 Å². The van der Waals surface area contributed by atoms with E-state index in [9.17, 15) is 9.59 Å². The van der Waals surface area contributed by atoms with Crippen LogP contribution in [0.3, 0.4) is 0 Å². The zero-order valence-electron chi connectivity index (χ0n) is 11.5. The third-order valence-corrected chi connectivity index (χ3v) is 3.37. The highest BCUT2D eigenvalue weighted by Crippen LogP contribution is 2.13. The van der Waals surface area contributed by atoms with E-state index in [1.54, 1.807) is 12.1 Å². The number of nitrogens with zero attached hydrogens (tertiary/aromatic N) is 1. The average molecular weight is 277 g/mol. The molecular formula is C15H19NO4. The summed E-state index contributed by atoms with van der Waals surface area (Å²) in [5.74, 6) is -1.16. The monoisotopic (exact) mass is 277 g/mol. The first kappa shape index (κ1) is 14.5. The van der Waals surface area contributed by atoms with Crippen LogP contribution in [0, 0.1) is 0 Å². The molecule has 0 saturated carbocycles. The van der Waals surface area contributed by atoms with Crippen molar-refractivity contribution in [1.82, 2.24) is 4.90 Å². The van der Waals surface area contributed by atoms with Gasteiger partial charge in [-0.2, -0.15) is 0 Å². The molecule has 1 saturated heterocycles. The Labute approximate surface area is 118 Å². The lowest BCUT2D eigenvalue weighted by Gasteiger charge is -2.30. The van der Waals surface area contributed by atoms with Gasteiger partial charge in [0.15, 0.2) is 6.10 Å². The number of aryl methyl sites for hydroxylation is 1. The van der Waals surface area contributed by atoms with E-state index in [2.05, 4.69) is 6.92 Å². The molecule has 0 bridgehead atoms. The third-order valence-electron chi connectivity index (χ3n) is 3.37. The SMILES string of the molecule is CCCc1ccc(C(=O)N2CCO[C@H](C(=O)O)C2)cc1. The van der Waals surface area contributed by atoms with Gasteiger partial charge >= 0.3 is 5.97 Å². The summed E-state index contributed by atoms with van der Waals surface area (Å²) in [6.45, 7) is 2.90. The normalized spacial score (nSPS) is 18.9. The molecule has 0 spiro atoms. The number of hydrogen-bond donors (Lipinski definition) is 1. The Kier molecular flexibility index (Phi) is 4.74. The highest BCUT2D eigenvalue weighted by Gasteiger charge is 2.29. The first-order chi connectivity index (χ1) is 9.61. The standard InChI is InChI=1S/C15H19NO4/c1-2-3-11-4-6-12(7-5-11)14(17)16-8-9-20-13(10-16)15(18)19/h4-7,13H,2-3,8-10H2,1H3,(H,18,19)/t13-/m0/s1. The largest absolute Gasteiger partial charge is 0.479 e. The van der Waals surface area contributed by atoms with Crippen molar-refractivity contribution in [1.29, 1.82) is 0 Å². The predicted molar refractivity (Wildman–Crippen MR) is 73.7 cm³/mol. The summed E-state index contributed by atoms with van der Waals surface area (Å²) in [5.41, 5.74) is 1.80. The number of carboxylic acids is 1. The number of benzene rings is 1. The molecule has 0 radical (unpaired) electrons. The number of ether oxygens (including phenoxy) is 1. The molecule has 0 aromatic heterocycles. The van der Waals surface area contributed by atoms with Gasteiger partial charge in [0, 0.05) is 12.1 Å². The lowest BCUT2D eigenvalue weighted by Crippen LogP contribution is -2.48. The number of hydrogen-bond acceptors (Lipinski definition) is 3. The molecule has 1 aliphatic heterocycles. The van der Waals surface area contributed by atoms with Gasteiger partial charge in [0.25, 0.3) is 5.91 Å². The van der Waals surface area contributed by atoms with Gasteiger partial charge in [-0.05, 0) is 24.1 Å². The predicted octanol–water partition coefficient (Wildman–Crippen LogP) is 1.56. The lowest BCUT2D eigenvalue weighted by atomic mass is 10.1. The smallest absolute Gasteiger partial charge is 0.334 e. The molecule has 1 aromatic carbocycles. The highest BCUT2D eigenvalue weighted by atomic mass is 16.5. The topological polar surface area (TPSA) is 66.8 Å². The number of carbonyl (C=O) groups excluding carboxylic acids is 1. The summed E-state index contributed by atoms with van der Waals surface area (Å²) < 4.78 is 5.11. The number of carbonyl (C=O) groups is 2. The molecule has 1 amide bonds. The lowest BCUT2D eigenvalue weighted by molar-refractivity contribution is -0.154. The third kappa shape index (κ3) is 3.36. The fourth-order valence-corrected chi connectivity index (χ4v) is 2.27. The van der Waals surface area contributed by atoms with Gasteiger partial charge in [-0.15, -0.1) is 0 Å². The maximum atomic E-state index is 12.3. The zero-order chi connectivity index (χ0) is 14.5. The molecular weight excluding hydrogens is 258 g/mol. The second kappa shape index (κ2) is 6.52. The van der Waals surface area contributed by atoms with Gasteiger partial charge < -0.3 is 14.7 Å². The van der Waals surface area contributed by atoms with Crippen molar-refractivity contribution in [2.24, 2.45) is 0 Å². The first-order valence-corrected chi connectivity index (χ1v) is 6.84. The van der Waals surface area contributed by atoms with E-state index in [-0.39, 0.29) is 19.1 Å². The maximum absolute atomic E-state index is 12.3. The van der Waals surface area contributed by atoms with Crippen LogP contribution in [0.5, 0.6) is 0 Å². The number of amides is 1. The van der Waals surface area contributed by atoms with E-state index in [1.807, 2.05) is 12.1 Å². The molecule has 2 rings (SSSR count). The Morgan fingerprint density at radius 3 is 2.65 bits per heavy atom. The van der Waals surface area contributed by atoms with Crippen LogP contribution in [0.1, 0.15) is 29.3 Å². The maximum Gasteiger partial charge on any atom is 0.334 e. The van der Waals surface area contributed by atoms with Crippen LogP contribution in [0.15, 0.2) is 24.3 Å². The molecule has 0 aliphatic carbocycles. The number of morpholine rings is 1. The molecule has 1 heterocycles. The minimum Gasteiger partial charge on any atom is -0.479 e. The molecule has 5 heteroatoms. The summed E-state index contributed by atoms with van der Waals surface area (Å²) in [6, 6.07) is 7.51. The van der Waals surface area contributed by atoms with Crippen molar-refractivity contribution in [2.45, 2.75) is 25.9 Å². The van der Waals surface area contributed by atoms with Crippen LogP contribution >= 0.6 is 0 Å². The zero-order valence-corrected chi connectivity index (χ0v) is 11.5. The first-order valence-electron chi connectivity index (χ1n) is 6.84. The van der Waals surface area contributed by atoms with Crippen molar-refractivity contribution in [3.05, 3.63) is 35.4 Å².